The van der Waals surface area contributed by atoms with Gasteiger partial charge in [-0.15, -0.1) is 0 Å². The highest BCUT2D eigenvalue weighted by Crippen LogP contribution is 2.33. The lowest BCUT2D eigenvalue weighted by Gasteiger charge is -2.26. The highest BCUT2D eigenvalue weighted by atomic mass is 32.2. The Morgan fingerprint density at radius 1 is 1.07 bits per heavy atom. The number of piperidine rings is 1. The number of rotatable bonds is 9. The number of carbonyl (C=O) groups excluding carboxylic acids is 1. The molecule has 1 aliphatic rings. The van der Waals surface area contributed by atoms with Gasteiger partial charge in [-0.2, -0.15) is 4.31 Å². The number of sulfonamides is 1. The number of hydrogen-bond acceptors (Lipinski definition) is 5. The molecule has 1 saturated heterocycles. The van der Waals surface area contributed by atoms with Gasteiger partial charge in [0.2, 0.25) is 15.9 Å². The Bertz CT molecular complexity index is 941. The van der Waals surface area contributed by atoms with Crippen LogP contribution in [0.3, 0.4) is 0 Å². The van der Waals surface area contributed by atoms with Crippen LogP contribution in [0, 0.1) is 0 Å². The highest BCUT2D eigenvalue weighted by molar-refractivity contribution is 7.89. The fourth-order valence-electron chi connectivity index (χ4n) is 3.25. The number of amides is 1. The Hall–Kier alpha value is -2.42. The molecule has 1 N–H and O–H groups in total. The maximum absolute atomic E-state index is 13.1. The van der Waals surface area contributed by atoms with Crippen molar-refractivity contribution in [2.75, 3.05) is 31.6 Å². The molecule has 1 amide bonds. The average Bonchev–Trinajstić information content (AvgIpc) is 2.76. The second kappa shape index (κ2) is 10.6. The third kappa shape index (κ3) is 5.81. The first-order chi connectivity index (χ1) is 14.5. The molecule has 1 aliphatic heterocycles. The first-order valence-electron chi connectivity index (χ1n) is 10.3. The van der Waals surface area contributed by atoms with Gasteiger partial charge in [0, 0.05) is 19.7 Å². The molecule has 7 nitrogen and oxygen atoms in total. The molecular weight excluding hydrogens is 404 g/mol. The Morgan fingerprint density at radius 3 is 2.50 bits per heavy atom. The molecular formula is C22H28N2O5S. The minimum absolute atomic E-state index is 0.143. The third-order valence-corrected chi connectivity index (χ3v) is 6.72. The summed E-state index contributed by atoms with van der Waals surface area (Å²) in [6.45, 7) is 3.71. The predicted octanol–water partition coefficient (Wildman–Crippen LogP) is 4.02. The van der Waals surface area contributed by atoms with Gasteiger partial charge in [0.1, 0.15) is 5.75 Å². The number of benzene rings is 2. The van der Waals surface area contributed by atoms with E-state index in [2.05, 4.69) is 5.32 Å². The number of para-hydroxylation sites is 1. The van der Waals surface area contributed by atoms with Crippen molar-refractivity contribution >= 4 is 21.6 Å². The van der Waals surface area contributed by atoms with E-state index in [4.69, 9.17) is 9.47 Å². The molecule has 0 radical (unpaired) electrons. The van der Waals surface area contributed by atoms with Gasteiger partial charge in [0.25, 0.3) is 0 Å². The third-order valence-electron chi connectivity index (χ3n) is 4.83. The van der Waals surface area contributed by atoms with E-state index < -0.39 is 10.0 Å². The first kappa shape index (κ1) is 22.3. The van der Waals surface area contributed by atoms with Gasteiger partial charge < -0.3 is 14.8 Å². The second-order valence-corrected chi connectivity index (χ2v) is 8.97. The summed E-state index contributed by atoms with van der Waals surface area (Å²) in [5.74, 6) is 0.700. The maximum Gasteiger partial charge on any atom is 0.243 e. The number of anilines is 1. The van der Waals surface area contributed by atoms with Crippen LogP contribution >= 0.6 is 0 Å². The van der Waals surface area contributed by atoms with E-state index in [1.54, 1.807) is 18.2 Å². The Balaban J connectivity index is 1.87. The lowest BCUT2D eigenvalue weighted by atomic mass is 10.2. The van der Waals surface area contributed by atoms with Crippen LogP contribution in [0.1, 0.15) is 32.6 Å². The molecule has 0 aliphatic carbocycles. The Kier molecular flexibility index (Phi) is 7.84. The molecule has 0 aromatic heterocycles. The molecule has 1 fully saturated rings. The molecule has 0 saturated carbocycles. The molecule has 0 bridgehead atoms. The Labute approximate surface area is 178 Å². The molecule has 30 heavy (non-hydrogen) atoms. The molecule has 162 valence electrons. The zero-order valence-corrected chi connectivity index (χ0v) is 18.0. The van der Waals surface area contributed by atoms with E-state index >= 15 is 0 Å². The van der Waals surface area contributed by atoms with E-state index in [1.807, 2.05) is 25.1 Å². The normalized spacial score (nSPS) is 15.0. The van der Waals surface area contributed by atoms with Gasteiger partial charge in [-0.05, 0) is 50.1 Å². The smallest absolute Gasteiger partial charge is 0.243 e. The number of hydrogen-bond donors (Lipinski definition) is 1. The lowest BCUT2D eigenvalue weighted by molar-refractivity contribution is -0.117. The zero-order valence-electron chi connectivity index (χ0n) is 17.2. The van der Waals surface area contributed by atoms with Crippen molar-refractivity contribution in [1.29, 1.82) is 0 Å². The topological polar surface area (TPSA) is 84.9 Å². The molecule has 3 rings (SSSR count). The summed E-state index contributed by atoms with van der Waals surface area (Å²) in [6, 6.07) is 13.7. The average molecular weight is 433 g/mol. The monoisotopic (exact) mass is 432 g/mol. The molecule has 8 heteroatoms. The summed E-state index contributed by atoms with van der Waals surface area (Å²) in [6.07, 6.45) is 2.92. The minimum atomic E-state index is -3.63. The van der Waals surface area contributed by atoms with Gasteiger partial charge in [0.05, 0.1) is 23.6 Å². The number of nitrogens with one attached hydrogen (secondary N) is 1. The van der Waals surface area contributed by atoms with E-state index in [-0.39, 0.29) is 17.2 Å². The van der Waals surface area contributed by atoms with Gasteiger partial charge in [-0.3, -0.25) is 4.79 Å². The van der Waals surface area contributed by atoms with Crippen LogP contribution in [0.25, 0.3) is 0 Å². The molecule has 2 aromatic carbocycles. The number of carbonyl (C=O) groups is 1. The first-order valence-corrected chi connectivity index (χ1v) is 11.7. The fraction of sp³-hybridized carbons (Fsp3) is 0.409. The van der Waals surface area contributed by atoms with Crippen LogP contribution in [0.15, 0.2) is 53.4 Å². The highest BCUT2D eigenvalue weighted by Gasteiger charge is 2.27. The quantitative estimate of drug-likeness (QED) is 0.605. The second-order valence-electron chi connectivity index (χ2n) is 7.03. The van der Waals surface area contributed by atoms with Crippen molar-refractivity contribution in [2.45, 2.75) is 37.5 Å². The summed E-state index contributed by atoms with van der Waals surface area (Å²) in [5, 5.41) is 2.78. The van der Waals surface area contributed by atoms with Gasteiger partial charge in [-0.1, -0.05) is 24.6 Å². The van der Waals surface area contributed by atoms with Gasteiger partial charge in [-0.25, -0.2) is 8.42 Å². The van der Waals surface area contributed by atoms with Crippen LogP contribution in [0.5, 0.6) is 11.5 Å². The summed E-state index contributed by atoms with van der Waals surface area (Å²) in [4.78, 5) is 12.5. The predicted molar refractivity (Wildman–Crippen MR) is 115 cm³/mol. The zero-order chi connectivity index (χ0) is 21.4. The van der Waals surface area contributed by atoms with E-state index in [1.165, 1.54) is 16.4 Å². The van der Waals surface area contributed by atoms with Crippen molar-refractivity contribution in [1.82, 2.24) is 4.31 Å². The van der Waals surface area contributed by atoms with E-state index in [0.717, 1.165) is 19.3 Å². The molecule has 0 atom stereocenters. The Morgan fingerprint density at radius 2 is 1.80 bits per heavy atom. The molecule has 0 spiro atoms. The van der Waals surface area contributed by atoms with Gasteiger partial charge in [0.15, 0.2) is 5.75 Å². The number of ether oxygens (including phenoxy) is 2. The lowest BCUT2D eigenvalue weighted by Crippen LogP contribution is -2.35. The van der Waals surface area contributed by atoms with Crippen molar-refractivity contribution in [2.24, 2.45) is 0 Å². The van der Waals surface area contributed by atoms with Crippen LogP contribution in [-0.4, -0.2) is 44.9 Å². The largest absolute Gasteiger partial charge is 0.455 e. The van der Waals surface area contributed by atoms with Crippen LogP contribution in [-0.2, 0) is 19.6 Å². The maximum atomic E-state index is 13.1. The molecule has 2 aromatic rings. The van der Waals surface area contributed by atoms with Crippen LogP contribution in [0.2, 0.25) is 0 Å². The molecule has 1 heterocycles. The summed E-state index contributed by atoms with van der Waals surface area (Å²) >= 11 is 0. The van der Waals surface area contributed by atoms with Gasteiger partial charge >= 0.3 is 0 Å². The van der Waals surface area contributed by atoms with E-state index in [0.29, 0.717) is 43.5 Å². The van der Waals surface area contributed by atoms with Crippen molar-refractivity contribution in [3.8, 4) is 11.5 Å². The summed E-state index contributed by atoms with van der Waals surface area (Å²) < 4.78 is 38.7. The number of nitrogens with zero attached hydrogens (tertiary/aromatic N) is 1. The van der Waals surface area contributed by atoms with Crippen LogP contribution in [0.4, 0.5) is 5.69 Å². The standard InChI is InChI=1S/C22H28N2O5S/c1-2-28-16-13-22(25)23-20-17-19(30(26,27)24-14-7-4-8-15-24)11-12-21(20)29-18-9-5-3-6-10-18/h3,5-6,9-12,17H,2,4,7-8,13-16H2,1H3,(H,23,25). The summed E-state index contributed by atoms with van der Waals surface area (Å²) in [7, 11) is -3.63. The SMILES string of the molecule is CCOCCC(=O)Nc1cc(S(=O)(=O)N2CCCCC2)ccc1Oc1ccccc1. The van der Waals surface area contributed by atoms with Crippen molar-refractivity contribution in [3.05, 3.63) is 48.5 Å². The van der Waals surface area contributed by atoms with Crippen LogP contribution < -0.4 is 10.1 Å². The summed E-state index contributed by atoms with van der Waals surface area (Å²) in [5.41, 5.74) is 0.318. The molecule has 0 unspecified atom stereocenters. The van der Waals surface area contributed by atoms with Crippen molar-refractivity contribution in [3.63, 3.8) is 0 Å². The minimum Gasteiger partial charge on any atom is -0.455 e. The fourth-order valence-corrected chi connectivity index (χ4v) is 4.79. The van der Waals surface area contributed by atoms with E-state index in [9.17, 15) is 13.2 Å². The van der Waals surface area contributed by atoms with Crippen molar-refractivity contribution < 1.29 is 22.7 Å².